The summed E-state index contributed by atoms with van der Waals surface area (Å²) in [6.07, 6.45) is 2.18. The number of hydrogen-bond donors (Lipinski definition) is 0. The average Bonchev–Trinajstić information content (AvgIpc) is 3.09. The molecule has 7 heteroatoms. The summed E-state index contributed by atoms with van der Waals surface area (Å²) in [4.78, 5) is 18.9. The number of ether oxygens (including phenoxy) is 1. The van der Waals surface area contributed by atoms with Crippen LogP contribution in [0.1, 0.15) is 49.3 Å². The summed E-state index contributed by atoms with van der Waals surface area (Å²) < 4.78 is 6.80. The van der Waals surface area contributed by atoms with Crippen molar-refractivity contribution in [2.75, 3.05) is 18.1 Å². The van der Waals surface area contributed by atoms with Crippen molar-refractivity contribution in [1.29, 1.82) is 5.26 Å². The van der Waals surface area contributed by atoms with Gasteiger partial charge < -0.3 is 9.64 Å². The van der Waals surface area contributed by atoms with Crippen molar-refractivity contribution in [1.82, 2.24) is 14.6 Å². The van der Waals surface area contributed by atoms with Gasteiger partial charge in [0.2, 0.25) is 0 Å². The molecular formula is C16H19N5O2. The average molecular weight is 313 g/mol. The molecule has 0 N–H and O–H groups in total. The zero-order chi connectivity index (χ0) is 16.8. The molecule has 120 valence electrons. The number of carbonyl (C=O) groups is 1. The highest BCUT2D eigenvalue weighted by Gasteiger charge is 2.35. The predicted molar refractivity (Wildman–Crippen MR) is 84.5 cm³/mol. The van der Waals surface area contributed by atoms with Crippen molar-refractivity contribution < 1.29 is 9.53 Å². The number of hydrogen-bond acceptors (Lipinski definition) is 6. The van der Waals surface area contributed by atoms with E-state index in [1.807, 2.05) is 0 Å². The van der Waals surface area contributed by atoms with Crippen molar-refractivity contribution in [3.63, 3.8) is 0 Å². The smallest absolute Gasteiger partial charge is 0.357 e. The van der Waals surface area contributed by atoms with Gasteiger partial charge >= 0.3 is 5.97 Å². The van der Waals surface area contributed by atoms with Crippen LogP contribution in [0.2, 0.25) is 0 Å². The SMILES string of the molecule is CCOC(=O)c1nc2c(C#N)cnn2c2c1CCN2C(C)(C)C. The van der Waals surface area contributed by atoms with Crippen LogP contribution in [0, 0.1) is 11.3 Å². The summed E-state index contributed by atoms with van der Waals surface area (Å²) in [6, 6.07) is 2.08. The van der Waals surface area contributed by atoms with E-state index in [4.69, 9.17) is 4.74 Å². The van der Waals surface area contributed by atoms with Crippen molar-refractivity contribution in [3.8, 4) is 6.07 Å². The van der Waals surface area contributed by atoms with Crippen molar-refractivity contribution in [2.24, 2.45) is 0 Å². The van der Waals surface area contributed by atoms with Crippen LogP contribution in [-0.2, 0) is 11.2 Å². The van der Waals surface area contributed by atoms with Crippen LogP contribution >= 0.6 is 0 Å². The number of nitrogens with zero attached hydrogens (tertiary/aromatic N) is 5. The van der Waals surface area contributed by atoms with Crippen molar-refractivity contribution in [3.05, 3.63) is 23.0 Å². The molecule has 0 saturated carbocycles. The predicted octanol–water partition coefficient (Wildman–Crippen LogP) is 1.94. The normalized spacial score (nSPS) is 14.0. The number of aromatic nitrogens is 3. The lowest BCUT2D eigenvalue weighted by molar-refractivity contribution is 0.0518. The summed E-state index contributed by atoms with van der Waals surface area (Å²) in [5.41, 5.74) is 1.73. The second-order valence-electron chi connectivity index (χ2n) is 6.46. The first-order valence-electron chi connectivity index (χ1n) is 7.64. The van der Waals surface area contributed by atoms with Gasteiger partial charge in [-0.2, -0.15) is 14.9 Å². The molecule has 0 spiro atoms. The van der Waals surface area contributed by atoms with Gasteiger partial charge in [0.05, 0.1) is 12.8 Å². The molecular weight excluding hydrogens is 294 g/mol. The lowest BCUT2D eigenvalue weighted by Crippen LogP contribution is -2.41. The van der Waals surface area contributed by atoms with Crippen LogP contribution in [0.3, 0.4) is 0 Å². The van der Waals surface area contributed by atoms with E-state index in [0.29, 0.717) is 17.6 Å². The number of rotatable bonds is 2. The van der Waals surface area contributed by atoms with Gasteiger partial charge in [-0.15, -0.1) is 0 Å². The maximum atomic E-state index is 12.3. The third kappa shape index (κ3) is 2.31. The van der Waals surface area contributed by atoms with Gasteiger partial charge in [0.1, 0.15) is 17.5 Å². The van der Waals surface area contributed by atoms with E-state index in [2.05, 4.69) is 41.8 Å². The molecule has 0 aliphatic carbocycles. The van der Waals surface area contributed by atoms with Gasteiger partial charge in [0.25, 0.3) is 0 Å². The number of carbonyl (C=O) groups excluding carboxylic acids is 1. The molecule has 23 heavy (non-hydrogen) atoms. The van der Waals surface area contributed by atoms with Gasteiger partial charge in [-0.25, -0.2) is 9.78 Å². The second-order valence-corrected chi connectivity index (χ2v) is 6.46. The first kappa shape index (κ1) is 15.3. The summed E-state index contributed by atoms with van der Waals surface area (Å²) in [6.45, 7) is 9.13. The standard InChI is InChI=1S/C16H19N5O2/c1-5-23-15(22)12-11-6-7-20(16(2,3)4)14(11)21-13(19-12)10(8-17)9-18-21/h9H,5-7H2,1-4H3. The quantitative estimate of drug-likeness (QED) is 0.788. The molecule has 3 rings (SSSR count). The Balaban J connectivity index is 2.31. The topological polar surface area (TPSA) is 83.5 Å². The van der Waals surface area contributed by atoms with Crippen LogP contribution < -0.4 is 4.90 Å². The lowest BCUT2D eigenvalue weighted by Gasteiger charge is -2.34. The Morgan fingerprint density at radius 1 is 1.48 bits per heavy atom. The van der Waals surface area contributed by atoms with E-state index in [1.54, 1.807) is 11.4 Å². The molecule has 1 aliphatic heterocycles. The summed E-state index contributed by atoms with van der Waals surface area (Å²) >= 11 is 0. The van der Waals surface area contributed by atoms with Crippen LogP contribution in [0.5, 0.6) is 0 Å². The number of nitriles is 1. The zero-order valence-electron chi connectivity index (χ0n) is 13.8. The van der Waals surface area contributed by atoms with Crippen molar-refractivity contribution in [2.45, 2.75) is 39.7 Å². The Kier molecular flexibility index (Phi) is 3.48. The van der Waals surface area contributed by atoms with Gasteiger partial charge in [-0.05, 0) is 34.1 Å². The Labute approximate surface area is 134 Å². The molecule has 0 saturated heterocycles. The van der Waals surface area contributed by atoms with E-state index in [-0.39, 0.29) is 17.8 Å². The molecule has 0 bridgehead atoms. The summed E-state index contributed by atoms with van der Waals surface area (Å²) in [5, 5.41) is 13.6. The number of anilines is 1. The Hall–Kier alpha value is -2.62. The van der Waals surface area contributed by atoms with Crippen molar-refractivity contribution >= 4 is 17.4 Å². The molecule has 0 radical (unpaired) electrons. The maximum Gasteiger partial charge on any atom is 0.357 e. The van der Waals surface area contributed by atoms with Gasteiger partial charge in [-0.3, -0.25) is 0 Å². The molecule has 0 amide bonds. The molecule has 3 heterocycles. The Morgan fingerprint density at radius 2 is 2.22 bits per heavy atom. The second kappa shape index (κ2) is 5.23. The fourth-order valence-corrected chi connectivity index (χ4v) is 2.95. The fraction of sp³-hybridized carbons (Fsp3) is 0.500. The first-order valence-corrected chi connectivity index (χ1v) is 7.64. The molecule has 1 aliphatic rings. The van der Waals surface area contributed by atoms with Crippen LogP contribution in [0.15, 0.2) is 6.20 Å². The van der Waals surface area contributed by atoms with Gasteiger partial charge in [0.15, 0.2) is 11.3 Å². The maximum absolute atomic E-state index is 12.3. The van der Waals surface area contributed by atoms with E-state index < -0.39 is 5.97 Å². The van der Waals surface area contributed by atoms with Crippen LogP contribution in [0.25, 0.3) is 5.65 Å². The Morgan fingerprint density at radius 3 is 2.83 bits per heavy atom. The molecule has 0 fully saturated rings. The van der Waals surface area contributed by atoms with Crippen LogP contribution in [-0.4, -0.2) is 39.3 Å². The van der Waals surface area contributed by atoms with Gasteiger partial charge in [-0.1, -0.05) is 0 Å². The highest BCUT2D eigenvalue weighted by atomic mass is 16.5. The summed E-state index contributed by atoms with van der Waals surface area (Å²) in [7, 11) is 0. The Bertz CT molecular complexity index is 826. The van der Waals surface area contributed by atoms with E-state index in [9.17, 15) is 10.1 Å². The monoisotopic (exact) mass is 313 g/mol. The van der Waals surface area contributed by atoms with Crippen LogP contribution in [0.4, 0.5) is 5.82 Å². The molecule has 2 aromatic heterocycles. The minimum atomic E-state index is -0.452. The number of esters is 1. The zero-order valence-corrected chi connectivity index (χ0v) is 13.8. The minimum absolute atomic E-state index is 0.135. The molecule has 0 aromatic carbocycles. The summed E-state index contributed by atoms with van der Waals surface area (Å²) in [5.74, 6) is 0.374. The first-order chi connectivity index (χ1) is 10.9. The highest BCUT2D eigenvalue weighted by Crippen LogP contribution is 2.36. The molecule has 7 nitrogen and oxygen atoms in total. The molecule has 0 atom stereocenters. The largest absolute Gasteiger partial charge is 0.461 e. The van der Waals surface area contributed by atoms with Gasteiger partial charge in [0, 0.05) is 17.6 Å². The molecule has 2 aromatic rings. The fourth-order valence-electron chi connectivity index (χ4n) is 2.95. The minimum Gasteiger partial charge on any atom is -0.461 e. The van der Waals surface area contributed by atoms with E-state index >= 15 is 0 Å². The highest BCUT2D eigenvalue weighted by molar-refractivity contribution is 5.92. The molecule has 0 unspecified atom stereocenters. The third-order valence-electron chi connectivity index (χ3n) is 3.96. The lowest BCUT2D eigenvalue weighted by atomic mass is 10.1. The number of fused-ring (bicyclic) bond motifs is 3. The third-order valence-corrected chi connectivity index (χ3v) is 3.96. The van der Waals surface area contributed by atoms with E-state index in [1.165, 1.54) is 6.20 Å². The van der Waals surface area contributed by atoms with E-state index in [0.717, 1.165) is 17.9 Å².